The highest BCUT2D eigenvalue weighted by atomic mass is 32.2. The van der Waals surface area contributed by atoms with Crippen molar-refractivity contribution in [2.75, 3.05) is 0 Å². The van der Waals surface area contributed by atoms with Crippen molar-refractivity contribution in [3.63, 3.8) is 0 Å². The number of hydrogen-bond donors (Lipinski definition) is 2. The molecule has 0 saturated heterocycles. The van der Waals surface area contributed by atoms with Gasteiger partial charge in [-0.15, -0.1) is 0 Å². The Kier molecular flexibility index (Phi) is 4.28. The van der Waals surface area contributed by atoms with E-state index in [-0.39, 0.29) is 6.04 Å². The van der Waals surface area contributed by atoms with E-state index in [4.69, 9.17) is 0 Å². The van der Waals surface area contributed by atoms with Crippen LogP contribution in [-0.4, -0.2) is 25.7 Å². The average Bonchev–Trinajstić information content (AvgIpc) is 2.35. The molecule has 1 fully saturated rings. The third-order valence-corrected chi connectivity index (χ3v) is 5.30. The van der Waals surface area contributed by atoms with Crippen LogP contribution in [0.3, 0.4) is 0 Å². The van der Waals surface area contributed by atoms with Gasteiger partial charge in [0.15, 0.2) is 0 Å². The van der Waals surface area contributed by atoms with Crippen LogP contribution in [0.15, 0.2) is 23.1 Å². The van der Waals surface area contributed by atoms with Gasteiger partial charge in [-0.05, 0) is 43.9 Å². The predicted octanol–water partition coefficient (Wildman–Crippen LogP) is 1.89. The Hall–Kier alpha value is -0.910. The highest BCUT2D eigenvalue weighted by Crippen LogP contribution is 2.22. The SMILES string of the molecule is Cc1ccc(C)c(S(=O)(=O)N[C@H]2CCCC[C@@H]2O)c1. The molecule has 5 heteroatoms. The van der Waals surface area contributed by atoms with Gasteiger partial charge in [-0.3, -0.25) is 0 Å². The van der Waals surface area contributed by atoms with Crippen LogP contribution in [0.5, 0.6) is 0 Å². The van der Waals surface area contributed by atoms with E-state index in [0.717, 1.165) is 24.0 Å². The molecule has 2 atom stereocenters. The van der Waals surface area contributed by atoms with E-state index in [1.54, 1.807) is 19.1 Å². The summed E-state index contributed by atoms with van der Waals surface area (Å²) < 4.78 is 27.4. The van der Waals surface area contributed by atoms with Crippen molar-refractivity contribution in [1.29, 1.82) is 0 Å². The first kappa shape index (κ1) is 14.5. The van der Waals surface area contributed by atoms with Gasteiger partial charge in [0.1, 0.15) is 0 Å². The van der Waals surface area contributed by atoms with Crippen LogP contribution < -0.4 is 4.72 Å². The molecule has 0 aliphatic heterocycles. The number of aliphatic hydroxyl groups is 1. The third kappa shape index (κ3) is 3.35. The second kappa shape index (κ2) is 5.61. The summed E-state index contributed by atoms with van der Waals surface area (Å²) in [4.78, 5) is 0.310. The smallest absolute Gasteiger partial charge is 0.241 e. The van der Waals surface area contributed by atoms with Crippen molar-refractivity contribution < 1.29 is 13.5 Å². The Bertz CT molecular complexity index is 554. The summed E-state index contributed by atoms with van der Waals surface area (Å²) in [5, 5.41) is 9.88. The fraction of sp³-hybridized carbons (Fsp3) is 0.571. The lowest BCUT2D eigenvalue weighted by atomic mass is 9.93. The van der Waals surface area contributed by atoms with Crippen LogP contribution in [0.2, 0.25) is 0 Å². The summed E-state index contributed by atoms with van der Waals surface area (Å²) in [5.41, 5.74) is 1.64. The van der Waals surface area contributed by atoms with Gasteiger partial charge in [0.25, 0.3) is 0 Å². The van der Waals surface area contributed by atoms with Crippen LogP contribution >= 0.6 is 0 Å². The van der Waals surface area contributed by atoms with E-state index in [9.17, 15) is 13.5 Å². The van der Waals surface area contributed by atoms with Crippen molar-refractivity contribution in [3.05, 3.63) is 29.3 Å². The van der Waals surface area contributed by atoms with E-state index in [1.807, 2.05) is 13.0 Å². The molecule has 1 aliphatic rings. The van der Waals surface area contributed by atoms with Gasteiger partial charge >= 0.3 is 0 Å². The molecule has 0 spiro atoms. The molecule has 4 nitrogen and oxygen atoms in total. The van der Waals surface area contributed by atoms with Crippen LogP contribution in [0, 0.1) is 13.8 Å². The van der Waals surface area contributed by atoms with Crippen LogP contribution in [-0.2, 0) is 10.0 Å². The molecule has 0 bridgehead atoms. The number of rotatable bonds is 3. The number of aryl methyl sites for hydroxylation is 2. The maximum absolute atomic E-state index is 12.4. The van der Waals surface area contributed by atoms with Gasteiger partial charge in [0, 0.05) is 6.04 Å². The van der Waals surface area contributed by atoms with Gasteiger partial charge in [0.2, 0.25) is 10.0 Å². The molecule has 1 aliphatic carbocycles. The summed E-state index contributed by atoms with van der Waals surface area (Å²) in [6.45, 7) is 3.65. The molecule has 0 aromatic heterocycles. The molecular weight excluding hydrogens is 262 g/mol. The van der Waals surface area contributed by atoms with Crippen molar-refractivity contribution in [1.82, 2.24) is 4.72 Å². The molecule has 1 aromatic carbocycles. The number of aliphatic hydroxyl groups excluding tert-OH is 1. The number of nitrogens with one attached hydrogen (secondary N) is 1. The lowest BCUT2D eigenvalue weighted by Crippen LogP contribution is -2.45. The predicted molar refractivity (Wildman–Crippen MR) is 74.5 cm³/mol. The van der Waals surface area contributed by atoms with E-state index in [1.165, 1.54) is 0 Å². The van der Waals surface area contributed by atoms with E-state index in [2.05, 4.69) is 4.72 Å². The Balaban J connectivity index is 2.24. The first-order valence-corrected chi connectivity index (χ1v) is 8.16. The standard InChI is InChI=1S/C14H21NO3S/c1-10-7-8-11(2)14(9-10)19(17,18)15-12-5-3-4-6-13(12)16/h7-9,12-13,15-16H,3-6H2,1-2H3/t12-,13-/m0/s1. The summed E-state index contributed by atoms with van der Waals surface area (Å²) in [7, 11) is -3.56. The van der Waals surface area contributed by atoms with Crippen molar-refractivity contribution in [2.24, 2.45) is 0 Å². The molecule has 1 saturated carbocycles. The van der Waals surface area contributed by atoms with Crippen LogP contribution in [0.25, 0.3) is 0 Å². The zero-order valence-corrected chi connectivity index (χ0v) is 12.2. The normalized spacial score (nSPS) is 24.4. The molecule has 2 rings (SSSR count). The largest absolute Gasteiger partial charge is 0.391 e. The van der Waals surface area contributed by atoms with Crippen molar-refractivity contribution >= 4 is 10.0 Å². The number of sulfonamides is 1. The highest BCUT2D eigenvalue weighted by Gasteiger charge is 2.28. The van der Waals surface area contributed by atoms with Gasteiger partial charge in [-0.2, -0.15) is 0 Å². The first-order chi connectivity index (χ1) is 8.90. The summed E-state index contributed by atoms with van der Waals surface area (Å²) in [6.07, 6.45) is 2.71. The van der Waals surface area contributed by atoms with E-state index < -0.39 is 16.1 Å². The summed E-state index contributed by atoms with van der Waals surface area (Å²) >= 11 is 0. The van der Waals surface area contributed by atoms with E-state index in [0.29, 0.717) is 17.7 Å². The Morgan fingerprint density at radius 1 is 1.21 bits per heavy atom. The molecular formula is C14H21NO3S. The second-order valence-corrected chi connectivity index (χ2v) is 7.03. The minimum atomic E-state index is -3.56. The zero-order chi connectivity index (χ0) is 14.0. The molecule has 1 aromatic rings. The number of hydrogen-bond acceptors (Lipinski definition) is 3. The molecule has 19 heavy (non-hydrogen) atoms. The molecule has 0 radical (unpaired) electrons. The first-order valence-electron chi connectivity index (χ1n) is 6.68. The average molecular weight is 283 g/mol. The fourth-order valence-electron chi connectivity index (χ4n) is 2.51. The molecule has 0 heterocycles. The van der Waals surface area contributed by atoms with Gasteiger partial charge < -0.3 is 5.11 Å². The van der Waals surface area contributed by atoms with E-state index >= 15 is 0 Å². The summed E-state index contributed by atoms with van der Waals surface area (Å²) in [6, 6.07) is 5.01. The van der Waals surface area contributed by atoms with Gasteiger partial charge in [0.05, 0.1) is 11.0 Å². The topological polar surface area (TPSA) is 66.4 Å². The van der Waals surface area contributed by atoms with Crippen LogP contribution in [0.1, 0.15) is 36.8 Å². The van der Waals surface area contributed by atoms with Gasteiger partial charge in [-0.25, -0.2) is 13.1 Å². The third-order valence-electron chi connectivity index (χ3n) is 3.67. The Morgan fingerprint density at radius 2 is 1.89 bits per heavy atom. The monoisotopic (exact) mass is 283 g/mol. The number of benzene rings is 1. The lowest BCUT2D eigenvalue weighted by molar-refractivity contribution is 0.101. The molecule has 106 valence electrons. The maximum Gasteiger partial charge on any atom is 0.241 e. The molecule has 2 N–H and O–H groups in total. The highest BCUT2D eigenvalue weighted by molar-refractivity contribution is 7.89. The Labute approximate surface area is 114 Å². The van der Waals surface area contributed by atoms with Crippen LogP contribution in [0.4, 0.5) is 0 Å². The zero-order valence-electron chi connectivity index (χ0n) is 11.4. The fourth-order valence-corrected chi connectivity index (χ4v) is 4.14. The molecule has 0 unspecified atom stereocenters. The molecule has 0 amide bonds. The van der Waals surface area contributed by atoms with Crippen molar-refractivity contribution in [2.45, 2.75) is 56.6 Å². The lowest BCUT2D eigenvalue weighted by Gasteiger charge is -2.28. The Morgan fingerprint density at radius 3 is 2.58 bits per heavy atom. The van der Waals surface area contributed by atoms with Crippen molar-refractivity contribution in [3.8, 4) is 0 Å². The minimum Gasteiger partial charge on any atom is -0.391 e. The maximum atomic E-state index is 12.4. The quantitative estimate of drug-likeness (QED) is 0.890. The second-order valence-electron chi connectivity index (χ2n) is 5.35. The minimum absolute atomic E-state index is 0.310. The summed E-state index contributed by atoms with van der Waals surface area (Å²) in [5.74, 6) is 0. The van der Waals surface area contributed by atoms with Gasteiger partial charge in [-0.1, -0.05) is 25.0 Å².